The van der Waals surface area contributed by atoms with E-state index in [0.29, 0.717) is 5.92 Å². The van der Waals surface area contributed by atoms with Gasteiger partial charge in [-0.25, -0.2) is 0 Å². The van der Waals surface area contributed by atoms with Gasteiger partial charge in [0.25, 0.3) is 0 Å². The first kappa shape index (κ1) is 16.3. The summed E-state index contributed by atoms with van der Waals surface area (Å²) < 4.78 is 6.67. The van der Waals surface area contributed by atoms with Crippen LogP contribution in [0.5, 0.6) is 0 Å². The van der Waals surface area contributed by atoms with Crippen LogP contribution in [0.25, 0.3) is 0 Å². The van der Waals surface area contributed by atoms with Crippen molar-refractivity contribution in [3.63, 3.8) is 0 Å². The van der Waals surface area contributed by atoms with Crippen LogP contribution in [0.4, 0.5) is 0 Å². The van der Waals surface area contributed by atoms with Crippen molar-refractivity contribution in [3.05, 3.63) is 21.3 Å². The molecule has 1 saturated carbocycles. The SMILES string of the molecule is CN1CCC(OC(=O)C(C)(c2ccc(Cl)s2)C2CCC2)CC1. The second-order valence-electron chi connectivity index (χ2n) is 6.84. The summed E-state index contributed by atoms with van der Waals surface area (Å²) in [4.78, 5) is 16.3. The van der Waals surface area contributed by atoms with Crippen LogP contribution in [-0.2, 0) is 14.9 Å². The highest BCUT2D eigenvalue weighted by Crippen LogP contribution is 2.47. The van der Waals surface area contributed by atoms with Gasteiger partial charge in [0.05, 0.1) is 4.34 Å². The number of rotatable bonds is 4. The van der Waals surface area contributed by atoms with Crippen LogP contribution in [0.15, 0.2) is 12.1 Å². The number of thiophene rings is 1. The molecule has 2 fully saturated rings. The molecule has 3 rings (SSSR count). The first-order valence-electron chi connectivity index (χ1n) is 8.15. The van der Waals surface area contributed by atoms with Crippen LogP contribution in [0.2, 0.25) is 4.34 Å². The van der Waals surface area contributed by atoms with Crippen molar-refractivity contribution in [2.45, 2.75) is 50.5 Å². The van der Waals surface area contributed by atoms with Crippen molar-refractivity contribution in [1.29, 1.82) is 0 Å². The third-order valence-corrected chi connectivity index (χ3v) is 6.84. The molecule has 3 nitrogen and oxygen atoms in total. The Bertz CT molecular complexity index is 535. The second kappa shape index (κ2) is 6.50. The monoisotopic (exact) mass is 341 g/mol. The van der Waals surface area contributed by atoms with Crippen LogP contribution >= 0.6 is 22.9 Å². The number of hydrogen-bond donors (Lipinski definition) is 0. The Morgan fingerprint density at radius 1 is 1.32 bits per heavy atom. The lowest BCUT2D eigenvalue weighted by atomic mass is 9.65. The molecule has 2 heterocycles. The maximum absolute atomic E-state index is 13.0. The highest BCUT2D eigenvalue weighted by atomic mass is 35.5. The normalized spacial score (nSPS) is 23.8. The van der Waals surface area contributed by atoms with Crippen molar-refractivity contribution in [2.75, 3.05) is 20.1 Å². The summed E-state index contributed by atoms with van der Waals surface area (Å²) in [5, 5.41) is 0. The molecule has 0 N–H and O–H groups in total. The van der Waals surface area contributed by atoms with Crippen LogP contribution in [0.1, 0.15) is 43.9 Å². The van der Waals surface area contributed by atoms with Gasteiger partial charge in [-0.05, 0) is 57.7 Å². The van der Waals surface area contributed by atoms with E-state index in [4.69, 9.17) is 16.3 Å². The molecule has 1 aromatic heterocycles. The van der Waals surface area contributed by atoms with Crippen molar-refractivity contribution in [1.82, 2.24) is 4.90 Å². The van der Waals surface area contributed by atoms with Gasteiger partial charge in [0.1, 0.15) is 11.5 Å². The van der Waals surface area contributed by atoms with Gasteiger partial charge in [0.2, 0.25) is 0 Å². The van der Waals surface area contributed by atoms with Gasteiger partial charge in [0.15, 0.2) is 0 Å². The summed E-state index contributed by atoms with van der Waals surface area (Å²) in [6.07, 6.45) is 5.37. The first-order chi connectivity index (χ1) is 10.5. The molecule has 22 heavy (non-hydrogen) atoms. The average molecular weight is 342 g/mol. The number of halogens is 1. The molecule has 1 aromatic rings. The summed E-state index contributed by atoms with van der Waals surface area (Å²) in [7, 11) is 2.12. The quantitative estimate of drug-likeness (QED) is 0.772. The highest BCUT2D eigenvalue weighted by molar-refractivity contribution is 7.16. The number of esters is 1. The molecule has 122 valence electrons. The predicted octanol–water partition coefficient (Wildman–Crippen LogP) is 4.10. The number of hydrogen-bond acceptors (Lipinski definition) is 4. The molecule has 5 heteroatoms. The van der Waals surface area contributed by atoms with Crippen molar-refractivity contribution in [3.8, 4) is 0 Å². The van der Waals surface area contributed by atoms with E-state index in [9.17, 15) is 4.79 Å². The fraction of sp³-hybridized carbons (Fsp3) is 0.706. The molecular formula is C17H24ClNO2S. The molecule has 0 radical (unpaired) electrons. The Kier molecular flexibility index (Phi) is 4.81. The van der Waals surface area contributed by atoms with Gasteiger partial charge in [-0.3, -0.25) is 4.79 Å². The molecule has 1 aliphatic heterocycles. The summed E-state index contributed by atoms with van der Waals surface area (Å²) in [5.41, 5.74) is -0.528. The Hall–Kier alpha value is -0.580. The Morgan fingerprint density at radius 2 is 2.00 bits per heavy atom. The van der Waals surface area contributed by atoms with E-state index in [1.165, 1.54) is 17.8 Å². The average Bonchev–Trinajstić information content (AvgIpc) is 2.86. The summed E-state index contributed by atoms with van der Waals surface area (Å²) in [6, 6.07) is 3.89. The molecule has 1 unspecified atom stereocenters. The highest BCUT2D eigenvalue weighted by Gasteiger charge is 2.48. The minimum Gasteiger partial charge on any atom is -0.462 e. The van der Waals surface area contributed by atoms with Gasteiger partial charge in [-0.15, -0.1) is 11.3 Å². The van der Waals surface area contributed by atoms with Crippen molar-refractivity contribution >= 4 is 28.9 Å². The van der Waals surface area contributed by atoms with Crippen LogP contribution in [0.3, 0.4) is 0 Å². The van der Waals surface area contributed by atoms with Crippen molar-refractivity contribution in [2.24, 2.45) is 5.92 Å². The molecular weight excluding hydrogens is 318 g/mol. The lowest BCUT2D eigenvalue weighted by Crippen LogP contribution is -2.46. The van der Waals surface area contributed by atoms with Gasteiger partial charge in [-0.2, -0.15) is 0 Å². The number of carbonyl (C=O) groups excluding carboxylic acids is 1. The van der Waals surface area contributed by atoms with E-state index in [1.54, 1.807) is 0 Å². The minimum absolute atomic E-state index is 0.0507. The summed E-state index contributed by atoms with van der Waals surface area (Å²) >= 11 is 7.63. The Morgan fingerprint density at radius 3 is 2.50 bits per heavy atom. The molecule has 1 saturated heterocycles. The van der Waals surface area contributed by atoms with E-state index in [2.05, 4.69) is 18.9 Å². The fourth-order valence-corrected chi connectivity index (χ4v) is 4.68. The van der Waals surface area contributed by atoms with E-state index in [1.807, 2.05) is 12.1 Å². The maximum atomic E-state index is 13.0. The smallest absolute Gasteiger partial charge is 0.317 e. The predicted molar refractivity (Wildman–Crippen MR) is 90.6 cm³/mol. The van der Waals surface area contributed by atoms with E-state index >= 15 is 0 Å². The van der Waals surface area contributed by atoms with Gasteiger partial charge in [0, 0.05) is 18.0 Å². The molecule has 0 spiro atoms. The zero-order valence-electron chi connectivity index (χ0n) is 13.3. The zero-order chi connectivity index (χ0) is 15.7. The number of likely N-dealkylation sites (tertiary alicyclic amines) is 1. The molecule has 0 aromatic carbocycles. The standard InChI is InChI=1S/C17H24ClNO2S/c1-17(12-4-3-5-12,14-6-7-15(18)22-14)16(20)21-13-8-10-19(2)11-9-13/h6-7,12-13H,3-5,8-11H2,1-2H3. The molecule has 1 atom stereocenters. The molecule has 1 aliphatic carbocycles. The first-order valence-corrected chi connectivity index (χ1v) is 9.35. The summed E-state index contributed by atoms with van der Waals surface area (Å²) in [6.45, 7) is 4.06. The second-order valence-corrected chi connectivity index (χ2v) is 8.56. The summed E-state index contributed by atoms with van der Waals surface area (Å²) in [5.74, 6) is 0.339. The van der Waals surface area contributed by atoms with Crippen molar-refractivity contribution < 1.29 is 9.53 Å². The topological polar surface area (TPSA) is 29.5 Å². The minimum atomic E-state index is -0.528. The number of piperidine rings is 1. The van der Waals surface area contributed by atoms with Crippen LogP contribution in [0, 0.1) is 5.92 Å². The van der Waals surface area contributed by atoms with Gasteiger partial charge < -0.3 is 9.64 Å². The molecule has 0 bridgehead atoms. The number of ether oxygens (including phenoxy) is 1. The fourth-order valence-electron chi connectivity index (χ4n) is 3.42. The lowest BCUT2D eigenvalue weighted by Gasteiger charge is -2.41. The third-order valence-electron chi connectivity index (χ3n) is 5.37. The Balaban J connectivity index is 1.75. The van der Waals surface area contributed by atoms with E-state index in [-0.39, 0.29) is 12.1 Å². The Labute approximate surface area is 141 Å². The van der Waals surface area contributed by atoms with Crippen LogP contribution < -0.4 is 0 Å². The van der Waals surface area contributed by atoms with E-state index < -0.39 is 5.41 Å². The lowest BCUT2D eigenvalue weighted by molar-refractivity contribution is -0.161. The zero-order valence-corrected chi connectivity index (χ0v) is 14.9. The third kappa shape index (κ3) is 3.06. The van der Waals surface area contributed by atoms with Gasteiger partial charge in [-0.1, -0.05) is 18.0 Å². The van der Waals surface area contributed by atoms with Gasteiger partial charge >= 0.3 is 5.97 Å². The van der Waals surface area contributed by atoms with Crippen LogP contribution in [-0.4, -0.2) is 37.1 Å². The van der Waals surface area contributed by atoms with E-state index in [0.717, 1.165) is 48.0 Å². The number of carbonyl (C=O) groups is 1. The molecule has 2 aliphatic rings. The molecule has 0 amide bonds. The number of nitrogens with zero attached hydrogens (tertiary/aromatic N) is 1. The largest absolute Gasteiger partial charge is 0.462 e. The maximum Gasteiger partial charge on any atom is 0.317 e.